The Kier molecular flexibility index (Phi) is 5.52. The number of ether oxygens (including phenoxy) is 1. The fourth-order valence-corrected chi connectivity index (χ4v) is 3.70. The fourth-order valence-electron chi connectivity index (χ4n) is 3.70. The number of fused-ring (bicyclic) bond motifs is 3. The Bertz CT molecular complexity index is 1650. The van der Waals surface area contributed by atoms with Crippen molar-refractivity contribution in [1.29, 1.82) is 0 Å². The van der Waals surface area contributed by atoms with E-state index in [-0.39, 0.29) is 17.9 Å². The molecule has 0 saturated heterocycles. The van der Waals surface area contributed by atoms with E-state index < -0.39 is 6.36 Å². The molecule has 1 N–H and O–H groups in total. The minimum absolute atomic E-state index is 0.194. The van der Waals surface area contributed by atoms with E-state index in [1.165, 1.54) is 18.2 Å². The average molecular weight is 481 g/mol. The van der Waals surface area contributed by atoms with Crippen LogP contribution in [0.5, 0.6) is 5.75 Å². The van der Waals surface area contributed by atoms with Crippen LogP contribution < -0.4 is 10.3 Å². The Balaban J connectivity index is 1.39. The van der Waals surface area contributed by atoms with Crippen molar-refractivity contribution < 1.29 is 17.9 Å². The van der Waals surface area contributed by atoms with E-state index >= 15 is 0 Å². The number of hydrogen-bond donors (Lipinski definition) is 1. The minimum atomic E-state index is -4.76. The smallest absolute Gasteiger partial charge is 0.406 e. The zero-order valence-electron chi connectivity index (χ0n) is 18.4. The highest BCUT2D eigenvalue weighted by molar-refractivity contribution is 5.77. The maximum Gasteiger partial charge on any atom is 0.573 e. The van der Waals surface area contributed by atoms with Crippen molar-refractivity contribution in [1.82, 2.24) is 33.7 Å². The highest BCUT2D eigenvalue weighted by Gasteiger charge is 2.31. The largest absolute Gasteiger partial charge is 0.573 e. The molecule has 0 spiro atoms. The maximum atomic E-state index is 13.0. The molecule has 0 unspecified atom stereocenters. The number of alkyl halides is 3. The number of aryl methyl sites for hydroxylation is 1. The predicted octanol–water partition coefficient (Wildman–Crippen LogP) is 3.60. The molecule has 9 nitrogen and oxygen atoms in total. The molecule has 1 aromatic carbocycles. The van der Waals surface area contributed by atoms with Gasteiger partial charge in [-0.1, -0.05) is 24.8 Å². The second-order valence-corrected chi connectivity index (χ2v) is 7.64. The van der Waals surface area contributed by atoms with Crippen LogP contribution in [-0.2, 0) is 13.1 Å². The number of nitrogens with zero attached hydrogens (tertiary/aromatic N) is 6. The molecule has 178 valence electrons. The Hall–Kier alpha value is -4.53. The third-order valence-corrected chi connectivity index (χ3v) is 5.13. The Morgan fingerprint density at radius 1 is 1.26 bits per heavy atom. The summed E-state index contributed by atoms with van der Waals surface area (Å²) in [7, 11) is 0. The molecular weight excluding hydrogens is 463 g/mol. The molecule has 0 amide bonds. The first-order chi connectivity index (χ1) is 16.8. The molecule has 0 saturated carbocycles. The van der Waals surface area contributed by atoms with Crippen LogP contribution in [0.3, 0.4) is 0 Å². The monoisotopic (exact) mass is 481 g/mol. The standard InChI is InChI=1S/C23H18F3N7O2/c1-2-9-33-21(34)18-20(32-11-8-27-22(32)33)30-19(29-18)16-13-28-31(14-16)10-4-6-15-5-3-7-17(12-15)35-23(24,25)26/h3,5,7-8,11-14H,2,9-10H2,1H3,(H,29,30). The van der Waals surface area contributed by atoms with Gasteiger partial charge in [0.15, 0.2) is 11.2 Å². The highest BCUT2D eigenvalue weighted by atomic mass is 19.4. The van der Waals surface area contributed by atoms with E-state index in [2.05, 4.69) is 36.6 Å². The molecule has 0 aliphatic heterocycles. The molecule has 0 radical (unpaired) electrons. The molecule has 5 aromatic rings. The number of benzene rings is 1. The number of nitrogens with one attached hydrogen (secondary N) is 1. The number of halogens is 3. The first kappa shape index (κ1) is 22.3. The van der Waals surface area contributed by atoms with Crippen LogP contribution in [-0.4, -0.2) is 40.1 Å². The van der Waals surface area contributed by atoms with Gasteiger partial charge in [-0.25, -0.2) is 9.97 Å². The van der Waals surface area contributed by atoms with Crippen molar-refractivity contribution in [2.45, 2.75) is 32.8 Å². The average Bonchev–Trinajstić information content (AvgIpc) is 3.54. The molecule has 4 heterocycles. The number of aromatic amines is 1. The van der Waals surface area contributed by atoms with Crippen molar-refractivity contribution in [3.8, 4) is 29.0 Å². The van der Waals surface area contributed by atoms with Crippen molar-refractivity contribution in [3.63, 3.8) is 0 Å². The summed E-state index contributed by atoms with van der Waals surface area (Å²) in [4.78, 5) is 25.0. The van der Waals surface area contributed by atoms with Gasteiger partial charge in [0.05, 0.1) is 11.8 Å². The Morgan fingerprint density at radius 2 is 2.11 bits per heavy atom. The van der Waals surface area contributed by atoms with Crippen LogP contribution in [0.2, 0.25) is 0 Å². The van der Waals surface area contributed by atoms with Gasteiger partial charge in [0.1, 0.15) is 18.1 Å². The molecule has 0 bridgehead atoms. The normalized spacial score (nSPS) is 11.7. The predicted molar refractivity (Wildman–Crippen MR) is 121 cm³/mol. The van der Waals surface area contributed by atoms with Crippen LogP contribution in [0, 0.1) is 11.8 Å². The van der Waals surface area contributed by atoms with Crippen molar-refractivity contribution in [3.05, 3.63) is 65.0 Å². The fraction of sp³-hybridized carbons (Fsp3) is 0.217. The van der Waals surface area contributed by atoms with Crippen LogP contribution in [0.25, 0.3) is 28.3 Å². The summed E-state index contributed by atoms with van der Waals surface area (Å²) in [6, 6.07) is 5.44. The molecule has 0 atom stereocenters. The van der Waals surface area contributed by atoms with E-state index in [1.54, 1.807) is 44.5 Å². The summed E-state index contributed by atoms with van der Waals surface area (Å²) >= 11 is 0. The number of aromatic nitrogens is 7. The molecule has 0 aliphatic rings. The molecule has 4 aromatic heterocycles. The van der Waals surface area contributed by atoms with E-state index in [0.717, 1.165) is 6.42 Å². The quantitative estimate of drug-likeness (QED) is 0.387. The van der Waals surface area contributed by atoms with Gasteiger partial charge in [-0.3, -0.25) is 18.4 Å². The zero-order chi connectivity index (χ0) is 24.6. The van der Waals surface area contributed by atoms with Gasteiger partial charge in [-0.05, 0) is 24.6 Å². The maximum absolute atomic E-state index is 13.0. The van der Waals surface area contributed by atoms with Crippen LogP contribution in [0.1, 0.15) is 18.9 Å². The van der Waals surface area contributed by atoms with Gasteiger partial charge in [0.25, 0.3) is 5.56 Å². The minimum Gasteiger partial charge on any atom is -0.406 e. The molecule has 0 fully saturated rings. The van der Waals surface area contributed by atoms with Gasteiger partial charge < -0.3 is 9.72 Å². The van der Waals surface area contributed by atoms with Crippen molar-refractivity contribution >= 4 is 16.9 Å². The molecule has 5 rings (SSSR count). The van der Waals surface area contributed by atoms with Gasteiger partial charge in [-0.15, -0.1) is 13.2 Å². The lowest BCUT2D eigenvalue weighted by Crippen LogP contribution is -2.23. The number of H-pyrrole nitrogens is 1. The van der Waals surface area contributed by atoms with Crippen LogP contribution in [0.15, 0.2) is 53.8 Å². The number of hydrogen-bond acceptors (Lipinski definition) is 5. The first-order valence-electron chi connectivity index (χ1n) is 10.7. The van der Waals surface area contributed by atoms with Gasteiger partial charge in [0.2, 0.25) is 5.78 Å². The molecule has 35 heavy (non-hydrogen) atoms. The van der Waals surface area contributed by atoms with Gasteiger partial charge in [0, 0.05) is 30.7 Å². The highest BCUT2D eigenvalue weighted by Crippen LogP contribution is 2.23. The number of imidazole rings is 2. The third kappa shape index (κ3) is 4.48. The SMILES string of the molecule is CCCn1c(=O)c2[nH]c(-c3cnn(CC#Cc4cccc(OC(F)(F)F)c4)c3)nc2n2ccnc12. The number of rotatable bonds is 5. The molecule has 0 aliphatic carbocycles. The van der Waals surface area contributed by atoms with E-state index in [4.69, 9.17) is 0 Å². The summed E-state index contributed by atoms with van der Waals surface area (Å²) in [5.41, 5.74) is 1.67. The van der Waals surface area contributed by atoms with E-state index in [9.17, 15) is 18.0 Å². The van der Waals surface area contributed by atoms with Gasteiger partial charge >= 0.3 is 6.36 Å². The lowest BCUT2D eigenvalue weighted by molar-refractivity contribution is -0.274. The van der Waals surface area contributed by atoms with Gasteiger partial charge in [-0.2, -0.15) is 5.10 Å². The summed E-state index contributed by atoms with van der Waals surface area (Å²) in [6.45, 7) is 2.71. The lowest BCUT2D eigenvalue weighted by atomic mass is 10.2. The molecule has 12 heteroatoms. The molecular formula is C23H18F3N7O2. The van der Waals surface area contributed by atoms with Crippen LogP contribution >= 0.6 is 0 Å². The van der Waals surface area contributed by atoms with E-state index in [1.807, 2.05) is 6.92 Å². The first-order valence-corrected chi connectivity index (χ1v) is 10.7. The second-order valence-electron chi connectivity index (χ2n) is 7.64. The summed E-state index contributed by atoms with van der Waals surface area (Å²) < 4.78 is 46.0. The third-order valence-electron chi connectivity index (χ3n) is 5.13. The topological polar surface area (TPSA) is 95.0 Å². The van der Waals surface area contributed by atoms with Crippen LogP contribution in [0.4, 0.5) is 13.2 Å². The zero-order valence-corrected chi connectivity index (χ0v) is 18.4. The lowest BCUT2D eigenvalue weighted by Gasteiger charge is -2.08. The summed E-state index contributed by atoms with van der Waals surface area (Å²) in [5.74, 6) is 6.33. The Labute approximate surface area is 195 Å². The van der Waals surface area contributed by atoms with Crippen molar-refractivity contribution in [2.24, 2.45) is 0 Å². The van der Waals surface area contributed by atoms with Crippen molar-refractivity contribution in [2.75, 3.05) is 0 Å². The van der Waals surface area contributed by atoms with E-state index in [0.29, 0.717) is 40.4 Å². The summed E-state index contributed by atoms with van der Waals surface area (Å²) in [5, 5.41) is 4.26. The second kappa shape index (κ2) is 8.68. The Morgan fingerprint density at radius 3 is 2.91 bits per heavy atom. The summed E-state index contributed by atoms with van der Waals surface area (Å²) in [6.07, 6.45) is 2.69.